The first kappa shape index (κ1) is 19.3. The van der Waals surface area contributed by atoms with Crippen LogP contribution in [0.5, 0.6) is 0 Å². The van der Waals surface area contributed by atoms with Crippen LogP contribution in [0.1, 0.15) is 72.4 Å². The van der Waals surface area contributed by atoms with Crippen LogP contribution in [0.4, 0.5) is 0 Å². The van der Waals surface area contributed by atoms with E-state index in [0.29, 0.717) is 0 Å². The fraction of sp³-hybridized carbons (Fsp3) is 0.700. The Morgan fingerprint density at radius 3 is 2.08 bits per heavy atom. The zero-order valence-corrected chi connectivity index (χ0v) is 17.6. The maximum atomic E-state index is 6.33. The number of fused-ring (bicyclic) bond motifs is 1. The molecular weight excluding hydrogens is 329 g/mol. The summed E-state index contributed by atoms with van der Waals surface area (Å²) in [6.45, 7) is 15.1. The van der Waals surface area contributed by atoms with Gasteiger partial charge >= 0.3 is 7.12 Å². The van der Waals surface area contributed by atoms with E-state index in [1.54, 1.807) is 11.9 Å². The van der Waals surface area contributed by atoms with Crippen LogP contribution in [0.15, 0.2) is 17.0 Å². The molecule has 0 radical (unpaired) electrons. The van der Waals surface area contributed by atoms with E-state index in [1.165, 1.54) is 34.3 Å². The van der Waals surface area contributed by atoms with Crippen molar-refractivity contribution in [3.63, 3.8) is 0 Å². The predicted octanol–water partition coefficient (Wildman–Crippen LogP) is 4.26. The third-order valence-electron chi connectivity index (χ3n) is 5.50. The van der Waals surface area contributed by atoms with Crippen LogP contribution in [-0.2, 0) is 22.2 Å². The van der Waals surface area contributed by atoms with E-state index >= 15 is 0 Å². The summed E-state index contributed by atoms with van der Waals surface area (Å²) in [7, 11) is -0.258. The summed E-state index contributed by atoms with van der Waals surface area (Å²) in [4.78, 5) is 1.35. The van der Waals surface area contributed by atoms with Crippen LogP contribution in [0, 0.1) is 0 Å². The van der Waals surface area contributed by atoms with Gasteiger partial charge in [0.25, 0.3) is 0 Å². The SMILES string of the molecule is CC(C)(C)NSc1ccc(B2OC(C)(C)C(C)(C)O2)c2c1CCCC2. The molecule has 0 unspecified atom stereocenters. The first-order valence-corrected chi connectivity index (χ1v) is 10.3. The van der Waals surface area contributed by atoms with Gasteiger partial charge in [-0.15, -0.1) is 0 Å². The van der Waals surface area contributed by atoms with E-state index in [9.17, 15) is 0 Å². The highest BCUT2D eigenvalue weighted by molar-refractivity contribution is 7.97. The molecule has 3 rings (SSSR count). The molecule has 2 aliphatic rings. The van der Waals surface area contributed by atoms with Crippen LogP contribution in [0.25, 0.3) is 0 Å². The van der Waals surface area contributed by atoms with Crippen molar-refractivity contribution < 1.29 is 9.31 Å². The average molecular weight is 361 g/mol. The molecule has 138 valence electrons. The molecule has 1 aliphatic heterocycles. The van der Waals surface area contributed by atoms with E-state index in [-0.39, 0.29) is 23.9 Å². The second-order valence-corrected chi connectivity index (χ2v) is 10.2. The fourth-order valence-corrected chi connectivity index (χ4v) is 4.26. The van der Waals surface area contributed by atoms with Crippen molar-refractivity contribution in [2.24, 2.45) is 0 Å². The van der Waals surface area contributed by atoms with Crippen LogP contribution in [-0.4, -0.2) is 23.9 Å². The summed E-state index contributed by atoms with van der Waals surface area (Å²) in [6.07, 6.45) is 4.79. The molecule has 0 spiro atoms. The van der Waals surface area contributed by atoms with E-state index in [1.807, 2.05) is 0 Å². The molecule has 0 atom stereocenters. The van der Waals surface area contributed by atoms with Gasteiger partial charge in [0.05, 0.1) is 11.2 Å². The van der Waals surface area contributed by atoms with Gasteiger partial charge in [0.1, 0.15) is 0 Å². The lowest BCUT2D eigenvalue weighted by atomic mass is 9.72. The Morgan fingerprint density at radius 1 is 0.960 bits per heavy atom. The summed E-state index contributed by atoms with van der Waals surface area (Å²) >= 11 is 1.76. The van der Waals surface area contributed by atoms with Crippen molar-refractivity contribution in [3.05, 3.63) is 23.3 Å². The van der Waals surface area contributed by atoms with Gasteiger partial charge in [0.2, 0.25) is 0 Å². The van der Waals surface area contributed by atoms with Crippen molar-refractivity contribution in [1.82, 2.24) is 4.72 Å². The minimum absolute atomic E-state index is 0.0939. The first-order valence-electron chi connectivity index (χ1n) is 9.44. The highest BCUT2D eigenvalue weighted by atomic mass is 32.2. The standard InChI is InChI=1S/C20H32BNO2S/c1-18(2,3)22-25-17-13-12-16(14-10-8-9-11-15(14)17)21-23-19(4,5)20(6,7)24-21/h12-13,22H,8-11H2,1-7H3. The number of nitrogens with one attached hydrogen (secondary N) is 1. The molecule has 0 bridgehead atoms. The predicted molar refractivity (Wildman–Crippen MR) is 108 cm³/mol. The minimum Gasteiger partial charge on any atom is -0.399 e. The van der Waals surface area contributed by atoms with Gasteiger partial charge in [-0.2, -0.15) is 0 Å². The molecule has 0 aromatic heterocycles. The Hall–Kier alpha value is -0.485. The Morgan fingerprint density at radius 2 is 1.52 bits per heavy atom. The van der Waals surface area contributed by atoms with Crippen molar-refractivity contribution >= 4 is 24.5 Å². The van der Waals surface area contributed by atoms with Crippen LogP contribution in [0.3, 0.4) is 0 Å². The zero-order valence-electron chi connectivity index (χ0n) is 16.8. The van der Waals surface area contributed by atoms with Gasteiger partial charge in [0.15, 0.2) is 0 Å². The summed E-state index contributed by atoms with van der Waals surface area (Å²) in [5.41, 5.74) is 3.68. The average Bonchev–Trinajstić information content (AvgIpc) is 2.72. The molecule has 0 saturated carbocycles. The molecule has 1 fully saturated rings. The molecule has 3 nitrogen and oxygen atoms in total. The number of benzene rings is 1. The second kappa shape index (κ2) is 6.59. The minimum atomic E-state index is -0.291. The van der Waals surface area contributed by atoms with E-state index < -0.39 is 0 Å². The summed E-state index contributed by atoms with van der Waals surface area (Å²) in [5, 5.41) is 0. The summed E-state index contributed by atoms with van der Waals surface area (Å²) in [6, 6.07) is 4.47. The molecule has 0 amide bonds. The molecular formula is C20H32BNO2S. The molecule has 1 N–H and O–H groups in total. The van der Waals surface area contributed by atoms with Crippen LogP contribution in [0.2, 0.25) is 0 Å². The highest BCUT2D eigenvalue weighted by Crippen LogP contribution is 2.38. The van der Waals surface area contributed by atoms with Crippen molar-refractivity contribution in [2.45, 2.75) is 95.8 Å². The normalized spacial score (nSPS) is 22.1. The van der Waals surface area contributed by atoms with Crippen molar-refractivity contribution in [3.8, 4) is 0 Å². The lowest BCUT2D eigenvalue weighted by Gasteiger charge is -2.32. The Bertz CT molecular complexity index is 636. The molecule has 25 heavy (non-hydrogen) atoms. The van der Waals surface area contributed by atoms with Gasteiger partial charge in [-0.25, -0.2) is 0 Å². The Balaban J connectivity index is 1.92. The molecule has 1 heterocycles. The van der Waals surface area contributed by atoms with E-state index in [4.69, 9.17) is 9.31 Å². The van der Waals surface area contributed by atoms with Crippen LogP contribution < -0.4 is 10.2 Å². The molecule has 1 aromatic rings. The van der Waals surface area contributed by atoms with Gasteiger partial charge in [0, 0.05) is 10.4 Å². The van der Waals surface area contributed by atoms with Gasteiger partial charge in [-0.1, -0.05) is 6.07 Å². The van der Waals surface area contributed by atoms with E-state index in [2.05, 4.69) is 65.3 Å². The fourth-order valence-electron chi connectivity index (χ4n) is 3.36. The molecule has 1 aliphatic carbocycles. The maximum Gasteiger partial charge on any atom is 0.495 e. The number of rotatable bonds is 3. The highest BCUT2D eigenvalue weighted by Gasteiger charge is 2.52. The zero-order chi connectivity index (χ0) is 18.5. The first-order chi connectivity index (χ1) is 11.5. The lowest BCUT2D eigenvalue weighted by molar-refractivity contribution is 0.00578. The van der Waals surface area contributed by atoms with Crippen molar-refractivity contribution in [1.29, 1.82) is 0 Å². The van der Waals surface area contributed by atoms with Crippen LogP contribution >= 0.6 is 11.9 Å². The Kier molecular flexibility index (Phi) is 5.09. The van der Waals surface area contributed by atoms with E-state index in [0.717, 1.165) is 12.8 Å². The quantitative estimate of drug-likeness (QED) is 0.644. The number of hydrogen-bond acceptors (Lipinski definition) is 4. The lowest BCUT2D eigenvalue weighted by Crippen LogP contribution is -2.41. The Labute approximate surface area is 157 Å². The molecule has 1 aromatic carbocycles. The summed E-state index contributed by atoms with van der Waals surface area (Å²) in [5.74, 6) is 0. The molecule has 5 heteroatoms. The third kappa shape index (κ3) is 3.95. The smallest absolute Gasteiger partial charge is 0.399 e. The maximum absolute atomic E-state index is 6.33. The monoisotopic (exact) mass is 361 g/mol. The summed E-state index contributed by atoms with van der Waals surface area (Å²) < 4.78 is 16.2. The van der Waals surface area contributed by atoms with Gasteiger partial charge in [-0.05, 0) is 109 Å². The van der Waals surface area contributed by atoms with Gasteiger partial charge in [-0.3, -0.25) is 4.72 Å². The second-order valence-electron chi connectivity index (χ2n) is 9.36. The third-order valence-corrected chi connectivity index (χ3v) is 6.82. The van der Waals surface area contributed by atoms with Crippen molar-refractivity contribution in [2.75, 3.05) is 0 Å². The van der Waals surface area contributed by atoms with Gasteiger partial charge < -0.3 is 9.31 Å². The largest absolute Gasteiger partial charge is 0.495 e. The topological polar surface area (TPSA) is 30.5 Å². The number of hydrogen-bond donors (Lipinski definition) is 1. The molecule has 1 saturated heterocycles.